The van der Waals surface area contributed by atoms with Crippen molar-refractivity contribution in [2.24, 2.45) is 0 Å². The number of nitrogen functional groups attached to an aromatic ring is 2. The normalized spacial score (nSPS) is 9.78. The first-order valence-electron chi connectivity index (χ1n) is 9.76. The predicted molar refractivity (Wildman–Crippen MR) is 134 cm³/mol. The average Bonchev–Trinajstić information content (AvgIpc) is 3.21. The van der Waals surface area contributed by atoms with Gasteiger partial charge in [-0.25, -0.2) is 4.98 Å². The van der Waals surface area contributed by atoms with E-state index in [1.54, 1.807) is 12.4 Å². The number of hydrogen-bond donors (Lipinski definition) is 3. The molecule has 7 nitrogen and oxygen atoms in total. The van der Waals surface area contributed by atoms with Crippen LogP contribution >= 0.6 is 11.8 Å². The van der Waals surface area contributed by atoms with Crippen molar-refractivity contribution in [1.29, 1.82) is 0 Å². The Morgan fingerprint density at radius 1 is 1.09 bits per heavy atom. The van der Waals surface area contributed by atoms with Gasteiger partial charge < -0.3 is 30.9 Å². The second-order valence-electron chi connectivity index (χ2n) is 6.69. The molecule has 0 aliphatic heterocycles. The number of thioether (sulfide) groups is 1. The zero-order valence-electron chi connectivity index (χ0n) is 17.9. The molecule has 166 valence electrons. The fourth-order valence-corrected chi connectivity index (χ4v) is 3.77. The summed E-state index contributed by atoms with van der Waals surface area (Å²) in [7, 11) is 2.03. The standard InChI is InChI=1S/C16H18N2OS.C7H7N3.CH2O/c1-18(12-13-5-3-2-4-6-13)15-11-14(17)7-8-16(15)20-10-9-19;8-6-4-10-7-5(6)2-1-3-9-7;1-2/h2-9,11H,10,12,17H2,1H3;1-4H,8H2,(H,9,10);1H2. The Bertz CT molecular complexity index is 1120. The van der Waals surface area contributed by atoms with Gasteiger partial charge in [0.2, 0.25) is 0 Å². The van der Waals surface area contributed by atoms with Crippen molar-refractivity contribution < 1.29 is 9.59 Å². The molecule has 0 aliphatic rings. The molecule has 0 saturated carbocycles. The molecule has 0 bridgehead atoms. The summed E-state index contributed by atoms with van der Waals surface area (Å²) >= 11 is 1.53. The van der Waals surface area contributed by atoms with Crippen molar-refractivity contribution in [1.82, 2.24) is 9.97 Å². The Labute approximate surface area is 191 Å². The maximum atomic E-state index is 10.6. The highest BCUT2D eigenvalue weighted by atomic mass is 32.2. The largest absolute Gasteiger partial charge is 0.399 e. The minimum Gasteiger partial charge on any atom is -0.399 e. The number of anilines is 3. The predicted octanol–water partition coefficient (Wildman–Crippen LogP) is 4.16. The van der Waals surface area contributed by atoms with E-state index in [1.165, 1.54) is 17.3 Å². The SMILES string of the molecule is C=O.CN(Cc1ccccc1)c1cc(N)ccc1SCC=O.Nc1c[nH]c2ncccc12. The topological polar surface area (TPSA) is 118 Å². The van der Waals surface area contributed by atoms with Crippen LogP contribution in [0.5, 0.6) is 0 Å². The van der Waals surface area contributed by atoms with Gasteiger partial charge in [0, 0.05) is 42.0 Å². The summed E-state index contributed by atoms with van der Waals surface area (Å²) in [6.07, 6.45) is 4.40. The third kappa shape index (κ3) is 6.88. The molecule has 4 rings (SSSR count). The number of nitrogens with zero attached hydrogens (tertiary/aromatic N) is 2. The van der Waals surface area contributed by atoms with Gasteiger partial charge in [-0.2, -0.15) is 0 Å². The molecule has 0 spiro atoms. The number of fused-ring (bicyclic) bond motifs is 1. The second kappa shape index (κ2) is 12.8. The van der Waals surface area contributed by atoms with E-state index in [9.17, 15) is 4.79 Å². The molecule has 4 aromatic rings. The van der Waals surface area contributed by atoms with Crippen LogP contribution < -0.4 is 16.4 Å². The van der Waals surface area contributed by atoms with Crippen LogP contribution in [0.3, 0.4) is 0 Å². The molecular weight excluding hydrogens is 422 g/mol. The highest BCUT2D eigenvalue weighted by Gasteiger charge is 2.09. The number of nitrogens with two attached hydrogens (primary N) is 2. The lowest BCUT2D eigenvalue weighted by atomic mass is 10.2. The maximum Gasteiger partial charge on any atom is 0.139 e. The van der Waals surface area contributed by atoms with Crippen LogP contribution in [0.4, 0.5) is 17.1 Å². The fraction of sp³-hybridized carbons (Fsp3) is 0.125. The van der Waals surface area contributed by atoms with Crippen LogP contribution in [-0.4, -0.2) is 35.8 Å². The van der Waals surface area contributed by atoms with Gasteiger partial charge >= 0.3 is 0 Å². The Morgan fingerprint density at radius 2 is 1.84 bits per heavy atom. The maximum absolute atomic E-state index is 10.6. The quantitative estimate of drug-likeness (QED) is 0.230. The third-order valence-electron chi connectivity index (χ3n) is 4.45. The monoisotopic (exact) mass is 449 g/mol. The van der Waals surface area contributed by atoms with Gasteiger partial charge in [-0.1, -0.05) is 30.3 Å². The van der Waals surface area contributed by atoms with Gasteiger partial charge in [-0.15, -0.1) is 11.8 Å². The summed E-state index contributed by atoms with van der Waals surface area (Å²) < 4.78 is 0. The molecule has 2 aromatic heterocycles. The molecule has 32 heavy (non-hydrogen) atoms. The van der Waals surface area contributed by atoms with E-state index in [0.29, 0.717) is 5.75 Å². The summed E-state index contributed by atoms with van der Waals surface area (Å²) in [5.74, 6) is 0.454. The summed E-state index contributed by atoms with van der Waals surface area (Å²) in [4.78, 5) is 28.8. The summed E-state index contributed by atoms with van der Waals surface area (Å²) in [6.45, 7) is 2.80. The lowest BCUT2D eigenvalue weighted by molar-refractivity contribution is -0.105. The first-order valence-corrected chi connectivity index (χ1v) is 10.7. The van der Waals surface area contributed by atoms with Crippen molar-refractivity contribution in [3.63, 3.8) is 0 Å². The van der Waals surface area contributed by atoms with Crippen LogP contribution in [0.25, 0.3) is 11.0 Å². The van der Waals surface area contributed by atoms with E-state index in [0.717, 1.165) is 45.8 Å². The molecule has 0 aliphatic carbocycles. The number of pyridine rings is 1. The van der Waals surface area contributed by atoms with E-state index in [2.05, 4.69) is 27.0 Å². The number of rotatable bonds is 6. The molecule has 8 heteroatoms. The number of aromatic nitrogens is 2. The number of carbonyl (C=O) groups excluding carboxylic acids is 2. The molecule has 5 N–H and O–H groups in total. The second-order valence-corrected chi connectivity index (χ2v) is 7.75. The number of hydrogen-bond acceptors (Lipinski definition) is 7. The lowest BCUT2D eigenvalue weighted by Crippen LogP contribution is -2.17. The number of aromatic amines is 1. The molecule has 0 unspecified atom stereocenters. The minimum absolute atomic E-state index is 0.454. The molecular formula is C24H27N5O2S. The minimum atomic E-state index is 0.454. The van der Waals surface area contributed by atoms with Gasteiger partial charge in [0.05, 0.1) is 17.1 Å². The van der Waals surface area contributed by atoms with Crippen molar-refractivity contribution in [2.45, 2.75) is 11.4 Å². The van der Waals surface area contributed by atoms with E-state index >= 15 is 0 Å². The third-order valence-corrected chi connectivity index (χ3v) is 5.41. The Balaban J connectivity index is 0.000000251. The summed E-state index contributed by atoms with van der Waals surface area (Å²) in [5.41, 5.74) is 16.1. The highest BCUT2D eigenvalue weighted by Crippen LogP contribution is 2.32. The fourth-order valence-electron chi connectivity index (χ4n) is 3.00. The van der Waals surface area contributed by atoms with Gasteiger partial charge in [0.1, 0.15) is 18.7 Å². The molecule has 0 fully saturated rings. The molecule has 0 saturated heterocycles. The first-order chi connectivity index (χ1) is 15.6. The smallest absolute Gasteiger partial charge is 0.139 e. The summed E-state index contributed by atoms with van der Waals surface area (Å²) in [6, 6.07) is 19.9. The molecule has 2 aromatic carbocycles. The number of benzene rings is 2. The van der Waals surface area contributed by atoms with Gasteiger partial charge in [0.15, 0.2) is 0 Å². The number of H-pyrrole nitrogens is 1. The molecule has 0 amide bonds. The Kier molecular flexibility index (Phi) is 9.80. The van der Waals surface area contributed by atoms with Gasteiger partial charge in [-0.3, -0.25) is 0 Å². The zero-order valence-corrected chi connectivity index (χ0v) is 18.7. The van der Waals surface area contributed by atoms with Crippen LogP contribution in [-0.2, 0) is 16.1 Å². The van der Waals surface area contributed by atoms with Gasteiger partial charge in [-0.05, 0) is 35.9 Å². The van der Waals surface area contributed by atoms with Crippen molar-refractivity contribution in [2.75, 3.05) is 29.2 Å². The number of carbonyl (C=O) groups is 2. The molecule has 0 atom stereocenters. The zero-order chi connectivity index (χ0) is 23.3. The lowest BCUT2D eigenvalue weighted by Gasteiger charge is -2.22. The number of aldehydes is 1. The van der Waals surface area contributed by atoms with E-state index in [1.807, 2.05) is 62.4 Å². The van der Waals surface area contributed by atoms with E-state index in [-0.39, 0.29) is 0 Å². The van der Waals surface area contributed by atoms with Crippen LogP contribution in [0.2, 0.25) is 0 Å². The van der Waals surface area contributed by atoms with E-state index in [4.69, 9.17) is 16.3 Å². The van der Waals surface area contributed by atoms with Crippen molar-refractivity contribution >= 4 is 52.9 Å². The van der Waals surface area contributed by atoms with Crippen LogP contribution in [0.15, 0.2) is 78.0 Å². The Morgan fingerprint density at radius 3 is 2.53 bits per heavy atom. The Hall–Kier alpha value is -3.78. The molecule has 0 radical (unpaired) electrons. The number of nitrogens with one attached hydrogen (secondary N) is 1. The van der Waals surface area contributed by atoms with Crippen molar-refractivity contribution in [3.05, 3.63) is 78.6 Å². The summed E-state index contributed by atoms with van der Waals surface area (Å²) in [5, 5.41) is 0.988. The van der Waals surface area contributed by atoms with Crippen LogP contribution in [0.1, 0.15) is 5.56 Å². The van der Waals surface area contributed by atoms with Crippen molar-refractivity contribution in [3.8, 4) is 0 Å². The molecule has 2 heterocycles. The van der Waals surface area contributed by atoms with E-state index < -0.39 is 0 Å². The highest BCUT2D eigenvalue weighted by molar-refractivity contribution is 8.00. The van der Waals surface area contributed by atoms with Gasteiger partial charge in [0.25, 0.3) is 0 Å². The van der Waals surface area contributed by atoms with Crippen LogP contribution in [0, 0.1) is 0 Å². The average molecular weight is 450 g/mol. The first kappa shape index (κ1) is 24.5.